The minimum atomic E-state index is -0.762. The van der Waals surface area contributed by atoms with Crippen LogP contribution in [0.3, 0.4) is 0 Å². The van der Waals surface area contributed by atoms with Gasteiger partial charge in [-0.3, -0.25) is 0 Å². The second-order valence-corrected chi connectivity index (χ2v) is 3.30. The maximum absolute atomic E-state index is 10.2. The van der Waals surface area contributed by atoms with Gasteiger partial charge in [0.05, 0.1) is 0 Å². The third kappa shape index (κ3) is 2.27. The molecular formula is C8H15NO2. The summed E-state index contributed by atoms with van der Waals surface area (Å²) in [5.74, 6) is 0.160. The van der Waals surface area contributed by atoms with Crippen LogP contribution in [0, 0.1) is 5.92 Å². The van der Waals surface area contributed by atoms with Gasteiger partial charge in [0.25, 0.3) is 0 Å². The predicted octanol–water partition coefficient (Wildman–Crippen LogP) is 0.0637. The molecule has 1 rings (SSSR count). The summed E-state index contributed by atoms with van der Waals surface area (Å²) in [7, 11) is 0. The van der Waals surface area contributed by atoms with E-state index in [0.717, 1.165) is 25.7 Å². The summed E-state index contributed by atoms with van der Waals surface area (Å²) in [6.45, 7) is 0. The van der Waals surface area contributed by atoms with E-state index in [9.17, 15) is 4.79 Å². The lowest BCUT2D eigenvalue weighted by molar-refractivity contribution is -0.117. The topological polar surface area (TPSA) is 63.3 Å². The van der Waals surface area contributed by atoms with Gasteiger partial charge in [-0.15, -0.1) is 0 Å². The lowest BCUT2D eigenvalue weighted by atomic mass is 9.83. The summed E-state index contributed by atoms with van der Waals surface area (Å²) in [4.78, 5) is 10.2. The summed E-state index contributed by atoms with van der Waals surface area (Å²) in [5.41, 5.74) is 5.67. The molecule has 0 heterocycles. The van der Waals surface area contributed by atoms with Crippen molar-refractivity contribution < 1.29 is 9.90 Å². The van der Waals surface area contributed by atoms with Crippen LogP contribution in [0.2, 0.25) is 0 Å². The highest BCUT2D eigenvalue weighted by Gasteiger charge is 2.23. The number of aliphatic hydroxyl groups excluding tert-OH is 1. The fraction of sp³-hybridized carbons (Fsp3) is 0.875. The van der Waals surface area contributed by atoms with Gasteiger partial charge in [-0.05, 0) is 31.6 Å². The molecule has 0 saturated heterocycles. The minimum absolute atomic E-state index is 0.160. The molecule has 1 fully saturated rings. The summed E-state index contributed by atoms with van der Waals surface area (Å²) < 4.78 is 0. The van der Waals surface area contributed by atoms with Crippen molar-refractivity contribution in [2.45, 2.75) is 37.8 Å². The maximum atomic E-state index is 10.2. The lowest BCUT2D eigenvalue weighted by Gasteiger charge is -2.27. The Morgan fingerprint density at radius 3 is 2.36 bits per heavy atom. The number of hydrogen-bond acceptors (Lipinski definition) is 3. The number of aliphatic hydroxyl groups is 1. The van der Waals surface area contributed by atoms with Crippen LogP contribution in [0.25, 0.3) is 0 Å². The Kier molecular flexibility index (Phi) is 3.02. The van der Waals surface area contributed by atoms with E-state index in [1.807, 2.05) is 0 Å². The maximum Gasteiger partial charge on any atom is 0.148 e. The molecule has 3 heteroatoms. The Labute approximate surface area is 66.6 Å². The van der Waals surface area contributed by atoms with E-state index in [1.54, 1.807) is 0 Å². The Morgan fingerprint density at radius 1 is 1.36 bits per heavy atom. The number of carbonyl (C=O) groups is 1. The average molecular weight is 157 g/mol. The Hall–Kier alpha value is -0.410. The van der Waals surface area contributed by atoms with Crippen LogP contribution < -0.4 is 5.73 Å². The summed E-state index contributed by atoms with van der Waals surface area (Å²) in [5, 5.41) is 9.16. The minimum Gasteiger partial charge on any atom is -0.385 e. The van der Waals surface area contributed by atoms with E-state index in [2.05, 4.69) is 0 Å². The highest BCUT2D eigenvalue weighted by atomic mass is 16.3. The number of nitrogens with two attached hydrogens (primary N) is 1. The fourth-order valence-electron chi connectivity index (χ4n) is 1.60. The van der Waals surface area contributed by atoms with Crippen LogP contribution in [-0.4, -0.2) is 23.5 Å². The van der Waals surface area contributed by atoms with Crippen molar-refractivity contribution in [3.8, 4) is 0 Å². The predicted molar refractivity (Wildman–Crippen MR) is 42.0 cm³/mol. The number of aldehydes is 1. The molecule has 64 valence electrons. The first-order valence-electron chi connectivity index (χ1n) is 4.13. The van der Waals surface area contributed by atoms with Crippen molar-refractivity contribution in [2.24, 2.45) is 11.7 Å². The highest BCUT2D eigenvalue weighted by Crippen LogP contribution is 2.25. The van der Waals surface area contributed by atoms with E-state index >= 15 is 0 Å². The fourth-order valence-corrected chi connectivity index (χ4v) is 1.60. The number of hydrogen-bond donors (Lipinski definition) is 2. The zero-order valence-electron chi connectivity index (χ0n) is 6.57. The molecule has 0 bridgehead atoms. The van der Waals surface area contributed by atoms with Crippen molar-refractivity contribution in [1.29, 1.82) is 0 Å². The van der Waals surface area contributed by atoms with Gasteiger partial charge in [0.1, 0.15) is 12.4 Å². The van der Waals surface area contributed by atoms with E-state index in [0.29, 0.717) is 6.29 Å². The van der Waals surface area contributed by atoms with Crippen molar-refractivity contribution in [3.63, 3.8) is 0 Å². The van der Waals surface area contributed by atoms with E-state index in [-0.39, 0.29) is 12.0 Å². The molecule has 0 aliphatic heterocycles. The molecule has 0 unspecified atom stereocenters. The molecule has 1 aliphatic carbocycles. The van der Waals surface area contributed by atoms with Crippen LogP contribution in [0.4, 0.5) is 0 Å². The normalized spacial score (nSPS) is 34.7. The molecular weight excluding hydrogens is 142 g/mol. The summed E-state index contributed by atoms with van der Waals surface area (Å²) in [6, 6.07) is 0.283. The molecule has 11 heavy (non-hydrogen) atoms. The third-order valence-electron chi connectivity index (χ3n) is 2.44. The van der Waals surface area contributed by atoms with E-state index in [4.69, 9.17) is 10.8 Å². The Bertz CT molecular complexity index is 130. The van der Waals surface area contributed by atoms with Crippen LogP contribution in [0.15, 0.2) is 0 Å². The van der Waals surface area contributed by atoms with E-state index < -0.39 is 6.10 Å². The molecule has 0 amide bonds. The molecule has 0 radical (unpaired) electrons. The molecule has 1 saturated carbocycles. The molecule has 0 aromatic carbocycles. The molecule has 0 spiro atoms. The summed E-state index contributed by atoms with van der Waals surface area (Å²) >= 11 is 0. The molecule has 0 aromatic rings. The average Bonchev–Trinajstić information content (AvgIpc) is 2.05. The monoisotopic (exact) mass is 157 g/mol. The van der Waals surface area contributed by atoms with Gasteiger partial charge in [0, 0.05) is 6.04 Å². The van der Waals surface area contributed by atoms with Gasteiger partial charge in [-0.1, -0.05) is 0 Å². The van der Waals surface area contributed by atoms with Gasteiger partial charge < -0.3 is 15.6 Å². The first-order chi connectivity index (χ1) is 5.24. The molecule has 3 N–H and O–H groups in total. The molecule has 0 aromatic heterocycles. The first kappa shape index (κ1) is 8.68. The van der Waals surface area contributed by atoms with Gasteiger partial charge >= 0.3 is 0 Å². The quantitative estimate of drug-likeness (QED) is 0.557. The number of rotatable bonds is 2. The highest BCUT2D eigenvalue weighted by molar-refractivity contribution is 5.56. The van der Waals surface area contributed by atoms with Crippen molar-refractivity contribution in [3.05, 3.63) is 0 Å². The Balaban J connectivity index is 2.32. The lowest BCUT2D eigenvalue weighted by Crippen LogP contribution is -2.32. The standard InChI is InChI=1S/C8H15NO2/c9-7-3-1-6(2-4-7)8(11)5-10/h5-8,11H,1-4,9H2/t6-,7-,8-/m0/s1. The molecule has 1 aliphatic rings. The van der Waals surface area contributed by atoms with Gasteiger partial charge in [0.2, 0.25) is 0 Å². The summed E-state index contributed by atoms with van der Waals surface area (Å²) in [6.07, 6.45) is 3.52. The first-order valence-corrected chi connectivity index (χ1v) is 4.13. The number of carbonyl (C=O) groups excluding carboxylic acids is 1. The second-order valence-electron chi connectivity index (χ2n) is 3.30. The van der Waals surface area contributed by atoms with Crippen molar-refractivity contribution in [2.75, 3.05) is 0 Å². The second kappa shape index (κ2) is 3.83. The van der Waals surface area contributed by atoms with Crippen LogP contribution in [0.1, 0.15) is 25.7 Å². The van der Waals surface area contributed by atoms with E-state index in [1.165, 1.54) is 0 Å². The SMILES string of the molecule is N[C@H]1CC[C@H]([C@@H](O)C=O)CC1. The van der Waals surface area contributed by atoms with Gasteiger partial charge in [0.15, 0.2) is 0 Å². The van der Waals surface area contributed by atoms with Crippen molar-refractivity contribution >= 4 is 6.29 Å². The van der Waals surface area contributed by atoms with Crippen LogP contribution >= 0.6 is 0 Å². The smallest absolute Gasteiger partial charge is 0.148 e. The Morgan fingerprint density at radius 2 is 1.91 bits per heavy atom. The zero-order chi connectivity index (χ0) is 8.27. The van der Waals surface area contributed by atoms with Gasteiger partial charge in [-0.2, -0.15) is 0 Å². The largest absolute Gasteiger partial charge is 0.385 e. The molecule has 1 atom stereocenters. The van der Waals surface area contributed by atoms with Crippen molar-refractivity contribution in [1.82, 2.24) is 0 Å². The zero-order valence-corrected chi connectivity index (χ0v) is 6.57. The van der Waals surface area contributed by atoms with Gasteiger partial charge in [-0.25, -0.2) is 0 Å². The third-order valence-corrected chi connectivity index (χ3v) is 2.44. The van der Waals surface area contributed by atoms with Crippen LogP contribution in [0.5, 0.6) is 0 Å². The molecule has 3 nitrogen and oxygen atoms in total. The van der Waals surface area contributed by atoms with Crippen LogP contribution in [-0.2, 0) is 4.79 Å².